The number of nitro groups is 1. The Morgan fingerprint density at radius 3 is 2.21 bits per heavy atom. The SMILES string of the molecule is C[Si](C)(C)CCN(CC(O[Si](C)(C)C)[C@H](CC1CCCCC1)NC(=O)Oc1ccc([N+](=O)[O-])cc1)C(=O)O. The summed E-state index contributed by atoms with van der Waals surface area (Å²) in [5, 5.41) is 23.9. The van der Waals surface area contributed by atoms with Crippen LogP contribution in [0.5, 0.6) is 5.75 Å². The second-order valence-corrected chi connectivity index (χ2v) is 22.5. The van der Waals surface area contributed by atoms with Crippen LogP contribution in [0.15, 0.2) is 24.3 Å². The molecule has 1 aliphatic carbocycles. The predicted octanol–water partition coefficient (Wildman–Crippen LogP) is 6.56. The molecular formula is C26H45N3O7Si2. The van der Waals surface area contributed by atoms with Crippen molar-refractivity contribution in [3.63, 3.8) is 0 Å². The molecule has 1 saturated carbocycles. The number of rotatable bonds is 13. The van der Waals surface area contributed by atoms with Crippen molar-refractivity contribution < 1.29 is 28.8 Å². The van der Waals surface area contributed by atoms with E-state index in [0.29, 0.717) is 18.9 Å². The number of hydrogen-bond donors (Lipinski definition) is 2. The lowest BCUT2D eigenvalue weighted by atomic mass is 9.83. The first-order valence-electron chi connectivity index (χ1n) is 13.5. The molecule has 38 heavy (non-hydrogen) atoms. The van der Waals surface area contributed by atoms with Gasteiger partial charge in [-0.15, -0.1) is 0 Å². The Morgan fingerprint density at radius 2 is 1.71 bits per heavy atom. The van der Waals surface area contributed by atoms with Gasteiger partial charge in [-0.1, -0.05) is 51.7 Å². The number of non-ortho nitro benzene ring substituents is 1. The summed E-state index contributed by atoms with van der Waals surface area (Å²) in [7, 11) is -3.59. The van der Waals surface area contributed by atoms with Gasteiger partial charge in [0.15, 0.2) is 8.32 Å². The number of nitrogens with one attached hydrogen (secondary N) is 1. The zero-order valence-corrected chi connectivity index (χ0v) is 25.7. The number of ether oxygens (including phenoxy) is 1. The van der Waals surface area contributed by atoms with Crippen LogP contribution in [0.2, 0.25) is 45.3 Å². The molecule has 1 aromatic carbocycles. The molecule has 0 aromatic heterocycles. The van der Waals surface area contributed by atoms with Gasteiger partial charge >= 0.3 is 12.2 Å². The van der Waals surface area contributed by atoms with Gasteiger partial charge in [-0.2, -0.15) is 0 Å². The lowest BCUT2D eigenvalue weighted by Gasteiger charge is -2.38. The van der Waals surface area contributed by atoms with Crippen LogP contribution in [0, 0.1) is 16.0 Å². The molecule has 2 atom stereocenters. The third-order valence-electron chi connectivity index (χ3n) is 6.63. The summed E-state index contributed by atoms with van der Waals surface area (Å²) in [6.07, 6.45) is 4.08. The topological polar surface area (TPSA) is 131 Å². The molecule has 0 bridgehead atoms. The summed E-state index contributed by atoms with van der Waals surface area (Å²) in [6.45, 7) is 13.4. The van der Waals surface area contributed by atoms with E-state index in [1.54, 1.807) is 0 Å². The Kier molecular flexibility index (Phi) is 11.8. The molecular weight excluding hydrogens is 522 g/mol. The molecule has 0 spiro atoms. The number of carboxylic acid groups (broad SMARTS) is 1. The van der Waals surface area contributed by atoms with Crippen molar-refractivity contribution in [1.29, 1.82) is 0 Å². The zero-order chi connectivity index (χ0) is 28.5. The van der Waals surface area contributed by atoms with Crippen LogP contribution < -0.4 is 10.1 Å². The molecule has 10 nitrogen and oxygen atoms in total. The van der Waals surface area contributed by atoms with Gasteiger partial charge in [-0.3, -0.25) is 10.1 Å². The number of nitro benzene ring substituents is 1. The first-order valence-corrected chi connectivity index (χ1v) is 20.6. The standard InChI is InChI=1S/C26H45N3O7Si2/c1-37(2,3)17-16-28(26(31)32)19-24(36-38(4,5)6)23(18-20-10-8-7-9-11-20)27-25(30)35-22-14-12-21(13-15-22)29(33)34/h12-15,20,23-24H,7-11,16-19H2,1-6H3,(H,27,30)(H,31,32)/t23-,24?/m0/s1. The molecule has 1 fully saturated rings. The molecule has 1 aliphatic rings. The van der Waals surface area contributed by atoms with Gasteiger partial charge in [0, 0.05) is 26.8 Å². The number of amides is 2. The summed E-state index contributed by atoms with van der Waals surface area (Å²) in [5.41, 5.74) is -0.0939. The Morgan fingerprint density at radius 1 is 1.11 bits per heavy atom. The van der Waals surface area contributed by atoms with Crippen LogP contribution in [0.3, 0.4) is 0 Å². The highest BCUT2D eigenvalue weighted by atomic mass is 28.4. The molecule has 0 heterocycles. The average Bonchev–Trinajstić information content (AvgIpc) is 2.80. The lowest BCUT2D eigenvalue weighted by Crippen LogP contribution is -2.55. The third kappa shape index (κ3) is 11.9. The minimum Gasteiger partial charge on any atom is -0.465 e. The van der Waals surface area contributed by atoms with Crippen molar-refractivity contribution in [3.05, 3.63) is 34.4 Å². The van der Waals surface area contributed by atoms with Gasteiger partial charge in [0.25, 0.3) is 5.69 Å². The van der Waals surface area contributed by atoms with E-state index in [0.717, 1.165) is 31.7 Å². The molecule has 2 amide bonds. The fraction of sp³-hybridized carbons (Fsp3) is 0.692. The second kappa shape index (κ2) is 14.1. The minimum absolute atomic E-state index is 0.0939. The second-order valence-electron chi connectivity index (χ2n) is 12.4. The summed E-state index contributed by atoms with van der Waals surface area (Å²) in [5.74, 6) is 0.593. The van der Waals surface area contributed by atoms with Crippen LogP contribution in [0.1, 0.15) is 38.5 Å². The highest BCUT2D eigenvalue weighted by molar-refractivity contribution is 6.76. The van der Waals surface area contributed by atoms with Crippen molar-refractivity contribution in [2.75, 3.05) is 13.1 Å². The maximum Gasteiger partial charge on any atom is 0.412 e. The third-order valence-corrected chi connectivity index (χ3v) is 9.36. The van der Waals surface area contributed by atoms with E-state index < -0.39 is 45.6 Å². The van der Waals surface area contributed by atoms with Crippen LogP contribution >= 0.6 is 0 Å². The Labute approximate surface area is 228 Å². The van der Waals surface area contributed by atoms with Gasteiger partial charge in [0.05, 0.1) is 23.6 Å². The number of carbonyl (C=O) groups excluding carboxylic acids is 1. The van der Waals surface area contributed by atoms with Crippen molar-refractivity contribution >= 4 is 34.3 Å². The number of nitrogens with zero attached hydrogens (tertiary/aromatic N) is 2. The molecule has 1 unspecified atom stereocenters. The van der Waals surface area contributed by atoms with Crippen molar-refractivity contribution in [2.24, 2.45) is 5.92 Å². The quantitative estimate of drug-likeness (QED) is 0.157. The van der Waals surface area contributed by atoms with Gasteiger partial charge in [-0.25, -0.2) is 9.59 Å². The fourth-order valence-electron chi connectivity index (χ4n) is 4.66. The van der Waals surface area contributed by atoms with Gasteiger partial charge < -0.3 is 24.5 Å². The summed E-state index contributed by atoms with van der Waals surface area (Å²) in [4.78, 5) is 37.0. The molecule has 0 aliphatic heterocycles. The molecule has 1 aromatic rings. The first kappa shape index (κ1) is 31.8. The molecule has 0 saturated heterocycles. The number of benzene rings is 1. The van der Waals surface area contributed by atoms with E-state index >= 15 is 0 Å². The van der Waals surface area contributed by atoms with Crippen molar-refractivity contribution in [1.82, 2.24) is 10.2 Å². The Balaban J connectivity index is 2.27. The molecule has 2 rings (SSSR count). The molecule has 214 valence electrons. The van der Waals surface area contributed by atoms with Crippen LogP contribution in [-0.4, -0.2) is 68.7 Å². The first-order chi connectivity index (χ1) is 17.6. The van der Waals surface area contributed by atoms with Crippen LogP contribution in [0.25, 0.3) is 0 Å². The monoisotopic (exact) mass is 567 g/mol. The van der Waals surface area contributed by atoms with Gasteiger partial charge in [0.1, 0.15) is 5.75 Å². The van der Waals surface area contributed by atoms with E-state index in [9.17, 15) is 24.8 Å². The largest absolute Gasteiger partial charge is 0.465 e. The maximum atomic E-state index is 13.0. The Bertz CT molecular complexity index is 926. The summed E-state index contributed by atoms with van der Waals surface area (Å²) >= 11 is 0. The summed E-state index contributed by atoms with van der Waals surface area (Å²) in [6, 6.07) is 5.72. The van der Waals surface area contributed by atoms with Gasteiger partial charge in [-0.05, 0) is 50.2 Å². The van der Waals surface area contributed by atoms with E-state index in [1.807, 2.05) is 0 Å². The Hall–Kier alpha value is -2.45. The fourth-order valence-corrected chi connectivity index (χ4v) is 6.75. The van der Waals surface area contributed by atoms with E-state index in [2.05, 4.69) is 44.6 Å². The normalized spacial score (nSPS) is 16.4. The van der Waals surface area contributed by atoms with Crippen LogP contribution in [-0.2, 0) is 4.43 Å². The van der Waals surface area contributed by atoms with E-state index in [4.69, 9.17) is 9.16 Å². The number of carbonyl (C=O) groups is 2. The summed E-state index contributed by atoms with van der Waals surface area (Å²) < 4.78 is 12.0. The highest BCUT2D eigenvalue weighted by Crippen LogP contribution is 2.29. The van der Waals surface area contributed by atoms with Crippen molar-refractivity contribution in [2.45, 2.75) is 96.0 Å². The molecule has 0 radical (unpaired) electrons. The number of hydrogen-bond acceptors (Lipinski definition) is 6. The maximum absolute atomic E-state index is 13.0. The predicted molar refractivity (Wildman–Crippen MR) is 153 cm³/mol. The van der Waals surface area contributed by atoms with Crippen molar-refractivity contribution in [3.8, 4) is 5.75 Å². The van der Waals surface area contributed by atoms with E-state index in [-0.39, 0.29) is 18.0 Å². The highest BCUT2D eigenvalue weighted by Gasteiger charge is 2.34. The lowest BCUT2D eigenvalue weighted by molar-refractivity contribution is -0.384. The van der Waals surface area contributed by atoms with E-state index in [1.165, 1.54) is 35.6 Å². The molecule has 12 heteroatoms. The smallest absolute Gasteiger partial charge is 0.412 e. The van der Waals surface area contributed by atoms with Gasteiger partial charge in [0.2, 0.25) is 0 Å². The average molecular weight is 568 g/mol. The molecule has 2 N–H and O–H groups in total. The van der Waals surface area contributed by atoms with Crippen LogP contribution in [0.4, 0.5) is 15.3 Å². The zero-order valence-electron chi connectivity index (χ0n) is 23.7. The minimum atomic E-state index is -2.12.